The van der Waals surface area contributed by atoms with Crippen molar-refractivity contribution in [1.82, 2.24) is 5.32 Å². The van der Waals surface area contributed by atoms with Crippen LogP contribution in [-0.2, 0) is 14.3 Å². The molecule has 0 aliphatic carbocycles. The van der Waals surface area contributed by atoms with Gasteiger partial charge in [0.1, 0.15) is 6.10 Å². The Balaban J connectivity index is 4.57. The quantitative estimate of drug-likeness (QED) is 0.0321. The molecule has 3 unspecified atom stereocenters. The Kier molecular flexibility index (Phi) is 56.4. The summed E-state index contributed by atoms with van der Waals surface area (Å²) in [6.45, 7) is 6.44. The van der Waals surface area contributed by atoms with Gasteiger partial charge in [0.2, 0.25) is 5.91 Å². The maximum absolute atomic E-state index is 13.3. The second kappa shape index (κ2) is 58.4. The molecule has 0 aromatic heterocycles. The lowest BCUT2D eigenvalue weighted by molar-refractivity contribution is -0.151. The number of allylic oxidation sites excluding steroid dienone is 10. The smallest absolute Gasteiger partial charge is 0.306 e. The third-order valence-electron chi connectivity index (χ3n) is 14.2. The van der Waals surface area contributed by atoms with Crippen molar-refractivity contribution in [2.45, 2.75) is 334 Å². The highest BCUT2D eigenvalue weighted by atomic mass is 16.5. The monoisotopic (exact) mass is 994 g/mol. The summed E-state index contributed by atoms with van der Waals surface area (Å²) in [6.07, 6.45) is 74.3. The number of hydrogen-bond acceptors (Lipinski definition) is 5. The number of rotatable bonds is 56. The normalized spacial score (nSPS) is 13.5. The maximum atomic E-state index is 13.3. The number of ether oxygens (including phenoxy) is 1. The average molecular weight is 995 g/mol. The van der Waals surface area contributed by atoms with Crippen LogP contribution in [0.15, 0.2) is 60.8 Å². The van der Waals surface area contributed by atoms with Gasteiger partial charge >= 0.3 is 5.97 Å². The van der Waals surface area contributed by atoms with E-state index in [2.05, 4.69) is 62.5 Å². The number of carbonyl (C=O) groups excluding carboxylic acids is 2. The van der Waals surface area contributed by atoms with Crippen molar-refractivity contribution >= 4 is 11.9 Å². The average Bonchev–Trinajstić information content (AvgIpc) is 3.36. The number of amides is 1. The van der Waals surface area contributed by atoms with E-state index in [0.717, 1.165) is 77.0 Å². The van der Waals surface area contributed by atoms with Gasteiger partial charge in [-0.15, -0.1) is 0 Å². The van der Waals surface area contributed by atoms with E-state index >= 15 is 0 Å². The highest BCUT2D eigenvalue weighted by Gasteiger charge is 2.24. The van der Waals surface area contributed by atoms with Gasteiger partial charge in [0.05, 0.1) is 25.2 Å². The van der Waals surface area contributed by atoms with Crippen LogP contribution >= 0.6 is 0 Å². The zero-order valence-corrected chi connectivity index (χ0v) is 47.4. The Hall–Kier alpha value is -2.44. The third kappa shape index (κ3) is 53.7. The zero-order chi connectivity index (χ0) is 51.6. The fourth-order valence-electron chi connectivity index (χ4n) is 9.52. The SMILES string of the molecule is CCC/C=C/C=C/C=C/C=C/C=C/CCCCCCCC(=O)OC(CCCCCCCCCCCCCCCCCCC)CC(=O)NC(CO)C(O)CCCCCCCCCCCCCCCCCCC. The molecule has 0 spiro atoms. The molecule has 0 bridgehead atoms. The van der Waals surface area contributed by atoms with E-state index in [4.69, 9.17) is 4.74 Å². The van der Waals surface area contributed by atoms with Crippen molar-refractivity contribution in [1.29, 1.82) is 0 Å². The molecule has 71 heavy (non-hydrogen) atoms. The summed E-state index contributed by atoms with van der Waals surface area (Å²) in [5.74, 6) is -0.487. The number of nitrogens with one attached hydrogen (secondary N) is 1. The molecule has 3 atom stereocenters. The summed E-state index contributed by atoms with van der Waals surface area (Å²) in [6, 6.07) is -0.709. The Morgan fingerprint density at radius 3 is 1.14 bits per heavy atom. The molecule has 0 heterocycles. The predicted molar refractivity (Wildman–Crippen MR) is 310 cm³/mol. The second-order valence-electron chi connectivity index (χ2n) is 21.2. The fourth-order valence-corrected chi connectivity index (χ4v) is 9.52. The summed E-state index contributed by atoms with van der Waals surface area (Å²) in [5, 5.41) is 24.0. The minimum atomic E-state index is -0.794. The van der Waals surface area contributed by atoms with Crippen LogP contribution in [0.2, 0.25) is 0 Å². The van der Waals surface area contributed by atoms with Crippen LogP contribution in [0.5, 0.6) is 0 Å². The fraction of sp³-hybridized carbons (Fsp3) is 0.815. The molecule has 0 aromatic carbocycles. The van der Waals surface area contributed by atoms with Crippen LogP contribution in [-0.4, -0.2) is 46.9 Å². The first kappa shape index (κ1) is 68.6. The summed E-state index contributed by atoms with van der Waals surface area (Å²) in [7, 11) is 0. The standard InChI is InChI=1S/C65H119NO5/c1-4-7-10-13-16-19-22-25-28-31-34-37-40-43-46-49-52-55-58-65(70)71-61(56-53-50-47-44-41-38-35-32-29-26-23-20-17-14-11-8-5-2)59-64(69)66-62(60-67)63(68)57-54-51-48-45-42-39-36-33-30-27-24-21-18-15-12-9-6-3/h10,13,16,19,22,25,28,31,34,37,61-63,67-68H,4-9,11-12,14-15,17-18,20-21,23-24,26-27,29-30,32-33,35-36,38-60H2,1-3H3,(H,66,69)/b13-10+,19-16+,25-22+,31-28+,37-34+. The van der Waals surface area contributed by atoms with Crippen molar-refractivity contribution in [3.05, 3.63) is 60.8 Å². The van der Waals surface area contributed by atoms with Crippen molar-refractivity contribution < 1.29 is 24.5 Å². The molecule has 1 amide bonds. The largest absolute Gasteiger partial charge is 0.462 e. The lowest BCUT2D eigenvalue weighted by atomic mass is 10.0. The number of esters is 1. The number of aliphatic hydroxyl groups excluding tert-OH is 2. The lowest BCUT2D eigenvalue weighted by Gasteiger charge is -2.24. The molecule has 0 fully saturated rings. The molecule has 6 nitrogen and oxygen atoms in total. The van der Waals surface area contributed by atoms with Crippen molar-refractivity contribution in [3.63, 3.8) is 0 Å². The van der Waals surface area contributed by atoms with Crippen molar-refractivity contribution in [3.8, 4) is 0 Å². The van der Waals surface area contributed by atoms with Crippen LogP contribution < -0.4 is 5.32 Å². The molecule has 0 aliphatic rings. The van der Waals surface area contributed by atoms with Crippen LogP contribution in [0.3, 0.4) is 0 Å². The van der Waals surface area contributed by atoms with Crippen LogP contribution in [0.1, 0.15) is 316 Å². The third-order valence-corrected chi connectivity index (χ3v) is 14.2. The van der Waals surface area contributed by atoms with Gasteiger partial charge < -0.3 is 20.3 Å². The van der Waals surface area contributed by atoms with E-state index in [9.17, 15) is 19.8 Å². The zero-order valence-electron chi connectivity index (χ0n) is 47.4. The van der Waals surface area contributed by atoms with Crippen LogP contribution in [0.4, 0.5) is 0 Å². The molecule has 0 aliphatic heterocycles. The van der Waals surface area contributed by atoms with Gasteiger partial charge in [-0.3, -0.25) is 9.59 Å². The van der Waals surface area contributed by atoms with Gasteiger partial charge in [-0.25, -0.2) is 0 Å². The molecule has 414 valence electrons. The van der Waals surface area contributed by atoms with Gasteiger partial charge in [-0.2, -0.15) is 0 Å². The number of unbranched alkanes of at least 4 members (excludes halogenated alkanes) is 38. The number of hydrogen-bond donors (Lipinski definition) is 3. The Morgan fingerprint density at radius 2 is 0.746 bits per heavy atom. The first-order valence-electron chi connectivity index (χ1n) is 31.1. The Bertz CT molecular complexity index is 1250. The highest BCUT2D eigenvalue weighted by Crippen LogP contribution is 2.19. The van der Waals surface area contributed by atoms with Gasteiger partial charge in [0.15, 0.2) is 0 Å². The molecule has 0 radical (unpaired) electrons. The first-order valence-corrected chi connectivity index (χ1v) is 31.1. The van der Waals surface area contributed by atoms with Gasteiger partial charge in [0, 0.05) is 6.42 Å². The minimum Gasteiger partial charge on any atom is -0.462 e. The van der Waals surface area contributed by atoms with E-state index in [-0.39, 0.29) is 24.9 Å². The van der Waals surface area contributed by atoms with Gasteiger partial charge in [-0.1, -0.05) is 319 Å². The van der Waals surface area contributed by atoms with Gasteiger partial charge in [0.25, 0.3) is 0 Å². The molecule has 3 N–H and O–H groups in total. The van der Waals surface area contributed by atoms with E-state index in [1.54, 1.807) is 0 Å². The molecule has 0 rings (SSSR count). The highest BCUT2D eigenvalue weighted by molar-refractivity contribution is 5.77. The number of carbonyl (C=O) groups is 2. The van der Waals surface area contributed by atoms with E-state index in [1.165, 1.54) is 193 Å². The summed E-state index contributed by atoms with van der Waals surface area (Å²) in [4.78, 5) is 26.4. The topological polar surface area (TPSA) is 95.9 Å². The van der Waals surface area contributed by atoms with Crippen LogP contribution in [0.25, 0.3) is 0 Å². The molecule has 0 saturated heterocycles. The predicted octanol–water partition coefficient (Wildman–Crippen LogP) is 19.5. The number of aliphatic hydroxyl groups is 2. The Labute approximate surface area is 441 Å². The maximum Gasteiger partial charge on any atom is 0.306 e. The molecular weight excluding hydrogens is 875 g/mol. The summed E-state index contributed by atoms with van der Waals surface area (Å²) < 4.78 is 5.97. The Morgan fingerprint density at radius 1 is 0.408 bits per heavy atom. The molecule has 0 saturated carbocycles. The van der Waals surface area contributed by atoms with E-state index < -0.39 is 18.2 Å². The minimum absolute atomic E-state index is 0.0692. The summed E-state index contributed by atoms with van der Waals surface area (Å²) >= 11 is 0. The van der Waals surface area contributed by atoms with Gasteiger partial charge in [-0.05, 0) is 44.9 Å². The van der Waals surface area contributed by atoms with E-state index in [0.29, 0.717) is 19.3 Å². The lowest BCUT2D eigenvalue weighted by Crippen LogP contribution is -2.46. The van der Waals surface area contributed by atoms with Crippen molar-refractivity contribution in [2.75, 3.05) is 6.61 Å². The molecule has 0 aromatic rings. The second-order valence-corrected chi connectivity index (χ2v) is 21.2. The van der Waals surface area contributed by atoms with E-state index in [1.807, 2.05) is 24.3 Å². The molecule has 6 heteroatoms. The van der Waals surface area contributed by atoms with Crippen LogP contribution in [0, 0.1) is 0 Å². The molecular formula is C65H119NO5. The summed E-state index contributed by atoms with van der Waals surface area (Å²) in [5.41, 5.74) is 0. The first-order chi connectivity index (χ1) is 35.0. The van der Waals surface area contributed by atoms with Crippen molar-refractivity contribution in [2.24, 2.45) is 0 Å².